The minimum absolute atomic E-state index is 0.0349. The summed E-state index contributed by atoms with van der Waals surface area (Å²) < 4.78 is 20.8. The van der Waals surface area contributed by atoms with Crippen molar-refractivity contribution < 1.29 is 13.6 Å². The third kappa shape index (κ3) is 5.58. The molecule has 186 valence electrons. The van der Waals surface area contributed by atoms with Crippen LogP contribution in [0, 0.1) is 12.3 Å². The van der Waals surface area contributed by atoms with Crippen molar-refractivity contribution in [3.63, 3.8) is 0 Å². The zero-order valence-electron chi connectivity index (χ0n) is 21.5. The highest BCUT2D eigenvalue weighted by molar-refractivity contribution is 6.74. The van der Waals surface area contributed by atoms with Crippen LogP contribution >= 0.6 is 11.6 Å². The Morgan fingerprint density at radius 1 is 1.15 bits per heavy atom. The van der Waals surface area contributed by atoms with Crippen molar-refractivity contribution in [1.82, 2.24) is 9.55 Å². The molecule has 4 atom stereocenters. The number of aromatic amines is 1. The summed E-state index contributed by atoms with van der Waals surface area (Å²) in [5.74, 6) is 2.79. The van der Waals surface area contributed by atoms with Gasteiger partial charge in [-0.25, -0.2) is 4.79 Å². The van der Waals surface area contributed by atoms with Crippen molar-refractivity contribution in [3.05, 3.63) is 33.1 Å². The second-order valence-corrected chi connectivity index (χ2v) is 21.9. The number of halogens is 1. The average Bonchev–Trinajstić information content (AvgIpc) is 2.91. The normalized spacial score (nSPS) is 26.9. The molecule has 0 amide bonds. The summed E-state index contributed by atoms with van der Waals surface area (Å²) in [6.45, 7) is 21.4. The van der Waals surface area contributed by atoms with Crippen LogP contribution in [0.5, 0.6) is 0 Å². The first kappa shape index (κ1) is 28.1. The third-order valence-corrected chi connectivity index (χ3v) is 16.8. The van der Waals surface area contributed by atoms with Gasteiger partial charge in [0.25, 0.3) is 5.56 Å². The van der Waals surface area contributed by atoms with Gasteiger partial charge in [-0.3, -0.25) is 14.3 Å². The number of aromatic nitrogens is 2. The van der Waals surface area contributed by atoms with Gasteiger partial charge < -0.3 is 13.6 Å². The number of rotatable bonds is 6. The largest absolute Gasteiger partial charge is 0.413 e. The summed E-state index contributed by atoms with van der Waals surface area (Å²) >= 11 is 6.93. The van der Waals surface area contributed by atoms with E-state index >= 15 is 0 Å². The molecular formula is C23H39ClN2O5Si2. The van der Waals surface area contributed by atoms with E-state index in [-0.39, 0.29) is 16.7 Å². The molecule has 2 heterocycles. The van der Waals surface area contributed by atoms with E-state index in [1.54, 1.807) is 0 Å². The van der Waals surface area contributed by atoms with Crippen LogP contribution in [0.3, 0.4) is 0 Å². The zero-order valence-corrected chi connectivity index (χ0v) is 24.3. The molecule has 1 N–H and O–H groups in total. The van der Waals surface area contributed by atoms with Gasteiger partial charge in [0, 0.05) is 12.3 Å². The minimum Gasteiger partial charge on any atom is -0.413 e. The van der Waals surface area contributed by atoms with Crippen molar-refractivity contribution in [2.45, 2.75) is 101 Å². The summed E-state index contributed by atoms with van der Waals surface area (Å²) in [7, 11) is -4.51. The fourth-order valence-electron chi connectivity index (χ4n) is 3.02. The summed E-state index contributed by atoms with van der Waals surface area (Å²) in [6.07, 6.45) is 5.81. The van der Waals surface area contributed by atoms with Gasteiger partial charge in [-0.15, -0.1) is 18.0 Å². The van der Waals surface area contributed by atoms with Gasteiger partial charge in [0.05, 0.1) is 6.61 Å². The summed E-state index contributed by atoms with van der Waals surface area (Å²) in [5.41, 5.74) is -2.42. The predicted molar refractivity (Wildman–Crippen MR) is 138 cm³/mol. The number of H-pyrrole nitrogens is 1. The molecule has 1 fully saturated rings. The van der Waals surface area contributed by atoms with Crippen LogP contribution in [-0.4, -0.2) is 49.9 Å². The Bertz CT molecular complexity index is 1020. The first-order valence-electron chi connectivity index (χ1n) is 11.2. The fourth-order valence-corrected chi connectivity index (χ4v) is 5.87. The third-order valence-electron chi connectivity index (χ3n) is 7.40. The second-order valence-electron chi connectivity index (χ2n) is 11.9. The Labute approximate surface area is 204 Å². The van der Waals surface area contributed by atoms with Gasteiger partial charge in [-0.2, -0.15) is 0 Å². The number of nitrogens with one attached hydrogen (secondary N) is 1. The first-order valence-corrected chi connectivity index (χ1v) is 17.5. The molecule has 1 aliphatic rings. The maximum atomic E-state index is 12.5. The van der Waals surface area contributed by atoms with Crippen LogP contribution in [0.25, 0.3) is 0 Å². The van der Waals surface area contributed by atoms with Crippen LogP contribution < -0.4 is 11.2 Å². The molecule has 0 radical (unpaired) electrons. The van der Waals surface area contributed by atoms with Crippen molar-refractivity contribution in [3.8, 4) is 12.3 Å². The first-order chi connectivity index (χ1) is 14.8. The molecule has 0 aromatic carbocycles. The fraction of sp³-hybridized carbons (Fsp3) is 0.739. The predicted octanol–water partition coefficient (Wildman–Crippen LogP) is 4.46. The maximum absolute atomic E-state index is 12.5. The van der Waals surface area contributed by atoms with Crippen LogP contribution in [0.4, 0.5) is 0 Å². The lowest BCUT2D eigenvalue weighted by Gasteiger charge is -2.43. The zero-order chi connectivity index (χ0) is 25.6. The van der Waals surface area contributed by atoms with Crippen LogP contribution in [0.1, 0.15) is 47.8 Å². The van der Waals surface area contributed by atoms with E-state index in [1.807, 2.05) is 0 Å². The van der Waals surface area contributed by atoms with Crippen molar-refractivity contribution in [2.24, 2.45) is 0 Å². The topological polar surface area (TPSA) is 82.5 Å². The van der Waals surface area contributed by atoms with Gasteiger partial charge in [0.15, 0.2) is 28.5 Å². The summed E-state index contributed by atoms with van der Waals surface area (Å²) in [4.78, 5) is 26.4. The molecule has 0 aliphatic carbocycles. The molecular weight excluding hydrogens is 476 g/mol. The van der Waals surface area contributed by atoms with E-state index in [9.17, 15) is 9.59 Å². The molecule has 10 heteroatoms. The van der Waals surface area contributed by atoms with Crippen molar-refractivity contribution in [2.75, 3.05) is 6.61 Å². The number of hydrogen-bond donors (Lipinski definition) is 1. The minimum atomic E-state index is -2.33. The molecule has 1 aliphatic heterocycles. The van der Waals surface area contributed by atoms with Crippen LogP contribution in [0.15, 0.2) is 21.9 Å². The Hall–Kier alpha value is -1.16. The molecule has 0 spiro atoms. The summed E-state index contributed by atoms with van der Waals surface area (Å²) in [6, 6.07) is 1.25. The van der Waals surface area contributed by atoms with Gasteiger partial charge in [-0.05, 0) is 36.3 Å². The highest BCUT2D eigenvalue weighted by Crippen LogP contribution is 2.47. The van der Waals surface area contributed by atoms with Crippen LogP contribution in [0.2, 0.25) is 36.3 Å². The standard InChI is InChI=1S/C23H39ClN2O5Si2/c1-12-23(15-29-32(8,9)21(2,3)4)18(31-33(10,11)22(5,6)7)17(24)19(30-23)26-14-13-16(27)25-20(26)28/h1,13-14,17-19H,15H2,2-11H3,(H,25,27,28)/t17-,18?,19-,23-/m1/s1. The Morgan fingerprint density at radius 2 is 1.70 bits per heavy atom. The van der Waals surface area contributed by atoms with E-state index in [2.05, 4.69) is 78.6 Å². The van der Waals surface area contributed by atoms with Gasteiger partial charge in [0.1, 0.15) is 11.5 Å². The average molecular weight is 515 g/mol. The Morgan fingerprint density at radius 3 is 2.15 bits per heavy atom. The molecule has 1 unspecified atom stereocenters. The number of ether oxygens (including phenoxy) is 1. The van der Waals surface area contributed by atoms with E-state index in [4.69, 9.17) is 31.6 Å². The highest BCUT2D eigenvalue weighted by atomic mass is 35.5. The number of terminal acetylenes is 1. The molecule has 0 saturated carbocycles. The van der Waals surface area contributed by atoms with E-state index in [0.29, 0.717) is 0 Å². The monoisotopic (exact) mass is 514 g/mol. The lowest BCUT2D eigenvalue weighted by molar-refractivity contribution is -0.0859. The molecule has 1 aromatic rings. The SMILES string of the molecule is C#C[C@]1(CO[Si](C)(C)C(C)(C)C)O[C@@H](n2ccc(=O)[nH]c2=O)[C@H](Cl)C1O[Si](C)(C)C(C)(C)C. The van der Waals surface area contributed by atoms with E-state index in [1.165, 1.54) is 16.8 Å². The highest BCUT2D eigenvalue weighted by Gasteiger charge is 2.59. The lowest BCUT2D eigenvalue weighted by Crippen LogP contribution is -2.56. The quantitative estimate of drug-likeness (QED) is 0.344. The van der Waals surface area contributed by atoms with E-state index < -0.39 is 51.2 Å². The summed E-state index contributed by atoms with van der Waals surface area (Å²) in [5, 5.41) is -0.911. The molecule has 1 aromatic heterocycles. The van der Waals surface area contributed by atoms with Gasteiger partial charge in [-0.1, -0.05) is 47.5 Å². The molecule has 1 saturated heterocycles. The van der Waals surface area contributed by atoms with Crippen molar-refractivity contribution in [1.29, 1.82) is 0 Å². The van der Waals surface area contributed by atoms with Crippen LogP contribution in [-0.2, 0) is 13.6 Å². The molecule has 0 bridgehead atoms. The smallest absolute Gasteiger partial charge is 0.330 e. The number of alkyl halides is 1. The number of hydrogen-bond acceptors (Lipinski definition) is 5. The molecule has 7 nitrogen and oxygen atoms in total. The van der Waals surface area contributed by atoms with Gasteiger partial charge >= 0.3 is 5.69 Å². The Kier molecular flexibility index (Phi) is 7.77. The van der Waals surface area contributed by atoms with Crippen molar-refractivity contribution >= 4 is 28.2 Å². The second kappa shape index (κ2) is 9.13. The number of nitrogens with zero attached hydrogens (tertiary/aromatic N) is 1. The van der Waals surface area contributed by atoms with E-state index in [0.717, 1.165) is 0 Å². The molecule has 33 heavy (non-hydrogen) atoms. The Balaban J connectivity index is 2.55. The molecule has 2 rings (SSSR count). The lowest BCUT2D eigenvalue weighted by atomic mass is 9.99. The van der Waals surface area contributed by atoms with Gasteiger partial charge in [0.2, 0.25) is 0 Å². The maximum Gasteiger partial charge on any atom is 0.330 e.